The first-order chi connectivity index (χ1) is 12.9. The summed E-state index contributed by atoms with van der Waals surface area (Å²) in [6.07, 6.45) is 4.94. The van der Waals surface area contributed by atoms with Crippen LogP contribution in [-0.2, 0) is 19.5 Å². The highest BCUT2D eigenvalue weighted by molar-refractivity contribution is 5.71. The summed E-state index contributed by atoms with van der Waals surface area (Å²) < 4.78 is 2.22. The van der Waals surface area contributed by atoms with Crippen molar-refractivity contribution in [1.29, 1.82) is 0 Å². The lowest BCUT2D eigenvalue weighted by molar-refractivity contribution is 0.424. The molecule has 1 aromatic carbocycles. The number of rotatable bonds is 7. The van der Waals surface area contributed by atoms with Gasteiger partial charge in [0.25, 0.3) is 0 Å². The van der Waals surface area contributed by atoms with Crippen molar-refractivity contribution in [3.63, 3.8) is 0 Å². The number of aromatic nitrogens is 4. The number of nitrogen functional groups attached to an aromatic ring is 1. The number of hydrogen-bond acceptors (Lipinski definition) is 5. The van der Waals surface area contributed by atoms with Crippen molar-refractivity contribution >= 4 is 17.1 Å². The zero-order valence-corrected chi connectivity index (χ0v) is 16.8. The Balaban J connectivity index is 1.82. The predicted octanol–water partition coefficient (Wildman–Crippen LogP) is 3.69. The summed E-state index contributed by atoms with van der Waals surface area (Å²) in [5, 5.41) is 3.52. The van der Waals surface area contributed by atoms with Crippen LogP contribution in [0, 0.1) is 0 Å². The molecule has 6 heteroatoms. The summed E-state index contributed by atoms with van der Waals surface area (Å²) >= 11 is 0. The minimum atomic E-state index is 0.115. The van der Waals surface area contributed by atoms with Gasteiger partial charge in [-0.1, -0.05) is 37.6 Å². The molecule has 0 amide bonds. The van der Waals surface area contributed by atoms with Crippen LogP contribution in [0.25, 0.3) is 11.2 Å². The Morgan fingerprint density at radius 3 is 2.44 bits per heavy atom. The molecule has 6 nitrogen and oxygen atoms in total. The highest BCUT2D eigenvalue weighted by atomic mass is 15.1. The third-order valence-electron chi connectivity index (χ3n) is 4.55. The number of nitrogens with zero attached hydrogens (tertiary/aromatic N) is 4. The third kappa shape index (κ3) is 5.04. The zero-order valence-electron chi connectivity index (χ0n) is 16.8. The van der Waals surface area contributed by atoms with Crippen LogP contribution < -0.4 is 11.1 Å². The first-order valence-electron chi connectivity index (χ1n) is 9.66. The lowest BCUT2D eigenvalue weighted by Crippen LogP contribution is -2.35. The van der Waals surface area contributed by atoms with Crippen molar-refractivity contribution in [1.82, 2.24) is 24.8 Å². The monoisotopic (exact) mass is 366 g/mol. The highest BCUT2D eigenvalue weighted by Crippen LogP contribution is 2.19. The topological polar surface area (TPSA) is 81.7 Å². The molecular formula is C21H30N6. The van der Waals surface area contributed by atoms with E-state index < -0.39 is 0 Å². The van der Waals surface area contributed by atoms with Crippen LogP contribution in [0.1, 0.15) is 57.5 Å². The van der Waals surface area contributed by atoms with Crippen molar-refractivity contribution in [3.05, 3.63) is 47.4 Å². The fourth-order valence-electron chi connectivity index (χ4n) is 2.99. The van der Waals surface area contributed by atoms with Gasteiger partial charge in [0.1, 0.15) is 11.3 Å². The van der Waals surface area contributed by atoms with Gasteiger partial charge in [0.15, 0.2) is 5.65 Å². The third-order valence-corrected chi connectivity index (χ3v) is 4.55. The summed E-state index contributed by atoms with van der Waals surface area (Å²) in [4.78, 5) is 13.2. The van der Waals surface area contributed by atoms with E-state index in [0.717, 1.165) is 43.7 Å². The molecule has 0 aliphatic heterocycles. The average molecular weight is 367 g/mol. The summed E-state index contributed by atoms with van der Waals surface area (Å²) in [7, 11) is 0. The molecule has 0 radical (unpaired) electrons. The van der Waals surface area contributed by atoms with E-state index in [0.29, 0.717) is 5.65 Å². The quantitative estimate of drug-likeness (QED) is 0.666. The van der Waals surface area contributed by atoms with E-state index >= 15 is 0 Å². The normalized spacial score (nSPS) is 12.0. The number of aryl methyl sites for hydroxylation is 1. The Morgan fingerprint density at radius 1 is 1.07 bits per heavy atom. The fourth-order valence-corrected chi connectivity index (χ4v) is 2.99. The summed E-state index contributed by atoms with van der Waals surface area (Å²) in [5.74, 6) is 1.31. The van der Waals surface area contributed by atoms with Crippen LogP contribution in [-0.4, -0.2) is 25.1 Å². The molecule has 2 heterocycles. The predicted molar refractivity (Wildman–Crippen MR) is 110 cm³/mol. The van der Waals surface area contributed by atoms with Crippen molar-refractivity contribution in [2.24, 2.45) is 0 Å². The molecule has 2 aromatic heterocycles. The standard InChI is InChI=1S/C21H30N6/c1-5-6-7-18-25-19-17(13-23-20(22)26-19)27(18)14-16-10-8-15(9-11-16)12-24-21(2,3)4/h8-11,13,24H,5-7,12,14H2,1-4H3,(H2,22,23,26). The van der Waals surface area contributed by atoms with Gasteiger partial charge in [0, 0.05) is 25.0 Å². The number of imidazole rings is 1. The van der Waals surface area contributed by atoms with E-state index in [2.05, 4.69) is 71.8 Å². The second-order valence-electron chi connectivity index (χ2n) is 8.07. The number of nitrogens with one attached hydrogen (secondary N) is 1. The molecule has 0 spiro atoms. The van der Waals surface area contributed by atoms with Crippen molar-refractivity contribution in [2.75, 3.05) is 5.73 Å². The molecule has 0 aliphatic carbocycles. The van der Waals surface area contributed by atoms with Crippen molar-refractivity contribution in [3.8, 4) is 0 Å². The van der Waals surface area contributed by atoms with Crippen LogP contribution in [0.15, 0.2) is 30.5 Å². The van der Waals surface area contributed by atoms with E-state index in [1.54, 1.807) is 6.20 Å². The van der Waals surface area contributed by atoms with E-state index in [4.69, 9.17) is 10.7 Å². The van der Waals surface area contributed by atoms with Gasteiger partial charge < -0.3 is 15.6 Å². The zero-order chi connectivity index (χ0) is 19.4. The van der Waals surface area contributed by atoms with E-state index in [9.17, 15) is 0 Å². The highest BCUT2D eigenvalue weighted by Gasteiger charge is 2.13. The maximum Gasteiger partial charge on any atom is 0.222 e. The Kier molecular flexibility index (Phi) is 5.75. The van der Waals surface area contributed by atoms with E-state index in [-0.39, 0.29) is 11.5 Å². The molecule has 0 bridgehead atoms. The molecule has 3 aromatic rings. The Hall–Kier alpha value is -2.47. The van der Waals surface area contributed by atoms with E-state index in [1.165, 1.54) is 11.1 Å². The van der Waals surface area contributed by atoms with Gasteiger partial charge in [0.2, 0.25) is 5.95 Å². The molecule has 3 rings (SSSR count). The van der Waals surface area contributed by atoms with Crippen LogP contribution in [0.4, 0.5) is 5.95 Å². The minimum Gasteiger partial charge on any atom is -0.368 e. The van der Waals surface area contributed by atoms with Crippen LogP contribution >= 0.6 is 0 Å². The van der Waals surface area contributed by atoms with Gasteiger partial charge in [-0.25, -0.2) is 9.97 Å². The largest absolute Gasteiger partial charge is 0.368 e. The van der Waals surface area contributed by atoms with Gasteiger partial charge in [0.05, 0.1) is 6.20 Å². The minimum absolute atomic E-state index is 0.115. The van der Waals surface area contributed by atoms with Gasteiger partial charge >= 0.3 is 0 Å². The van der Waals surface area contributed by atoms with E-state index in [1.807, 2.05) is 0 Å². The van der Waals surface area contributed by atoms with Gasteiger partial charge in [-0.3, -0.25) is 0 Å². The first kappa shape index (κ1) is 19.3. The summed E-state index contributed by atoms with van der Waals surface area (Å²) in [5.41, 5.74) is 9.99. The number of hydrogen-bond donors (Lipinski definition) is 2. The number of nitrogens with two attached hydrogens (primary N) is 1. The molecule has 0 aliphatic rings. The van der Waals surface area contributed by atoms with Crippen molar-refractivity contribution < 1.29 is 0 Å². The SMILES string of the molecule is CCCCc1nc2nc(N)ncc2n1Cc1ccc(CNC(C)(C)C)cc1. The van der Waals surface area contributed by atoms with Gasteiger partial charge in [-0.05, 0) is 38.3 Å². The molecular weight excluding hydrogens is 336 g/mol. The maximum atomic E-state index is 5.73. The summed E-state index contributed by atoms with van der Waals surface area (Å²) in [6.45, 7) is 10.4. The molecule has 3 N–H and O–H groups in total. The average Bonchev–Trinajstić information content (AvgIpc) is 2.95. The van der Waals surface area contributed by atoms with Crippen LogP contribution in [0.3, 0.4) is 0 Å². The van der Waals surface area contributed by atoms with Crippen molar-refractivity contribution in [2.45, 2.75) is 65.6 Å². The molecule has 0 atom stereocenters. The van der Waals surface area contributed by atoms with Crippen LogP contribution in [0.5, 0.6) is 0 Å². The Bertz CT molecular complexity index is 889. The molecule has 0 unspecified atom stereocenters. The lowest BCUT2D eigenvalue weighted by Gasteiger charge is -2.20. The lowest BCUT2D eigenvalue weighted by atomic mass is 10.1. The number of fused-ring (bicyclic) bond motifs is 1. The molecule has 144 valence electrons. The Morgan fingerprint density at radius 2 is 1.78 bits per heavy atom. The fraction of sp³-hybridized carbons (Fsp3) is 0.476. The second kappa shape index (κ2) is 8.05. The smallest absolute Gasteiger partial charge is 0.222 e. The molecule has 0 fully saturated rings. The van der Waals surface area contributed by atoms with Gasteiger partial charge in [-0.2, -0.15) is 4.98 Å². The maximum absolute atomic E-state index is 5.73. The summed E-state index contributed by atoms with van der Waals surface area (Å²) in [6, 6.07) is 8.75. The second-order valence-corrected chi connectivity index (χ2v) is 8.07. The number of anilines is 1. The number of benzene rings is 1. The Labute approximate surface area is 161 Å². The molecule has 27 heavy (non-hydrogen) atoms. The van der Waals surface area contributed by atoms with Crippen LogP contribution in [0.2, 0.25) is 0 Å². The molecule has 0 saturated heterocycles. The molecule has 0 saturated carbocycles. The van der Waals surface area contributed by atoms with Gasteiger partial charge in [-0.15, -0.1) is 0 Å². The number of unbranched alkanes of at least 4 members (excludes halogenated alkanes) is 1. The first-order valence-corrected chi connectivity index (χ1v) is 9.66.